The van der Waals surface area contributed by atoms with Crippen LogP contribution in [0.5, 0.6) is 11.5 Å². The van der Waals surface area contributed by atoms with Crippen LogP contribution in [-0.4, -0.2) is 58.2 Å². The Labute approximate surface area is 178 Å². The second-order valence-corrected chi connectivity index (χ2v) is 8.25. The van der Waals surface area contributed by atoms with Gasteiger partial charge in [-0.05, 0) is 55.3 Å². The summed E-state index contributed by atoms with van der Waals surface area (Å²) in [6, 6.07) is 3.02. The van der Waals surface area contributed by atoms with E-state index in [9.17, 15) is 19.5 Å². The van der Waals surface area contributed by atoms with Gasteiger partial charge in [-0.3, -0.25) is 19.3 Å². The van der Waals surface area contributed by atoms with Crippen LogP contribution in [0.15, 0.2) is 17.0 Å². The zero-order valence-electron chi connectivity index (χ0n) is 16.1. The van der Waals surface area contributed by atoms with Gasteiger partial charge in [-0.15, -0.1) is 0 Å². The van der Waals surface area contributed by atoms with Crippen LogP contribution in [0.2, 0.25) is 5.02 Å². The number of benzene rings is 1. The van der Waals surface area contributed by atoms with Gasteiger partial charge in [0.25, 0.3) is 11.1 Å². The molecule has 3 rings (SSSR count). The molecule has 2 aliphatic heterocycles. The van der Waals surface area contributed by atoms with Gasteiger partial charge in [0.15, 0.2) is 11.5 Å². The van der Waals surface area contributed by atoms with Gasteiger partial charge in [0.1, 0.15) is 6.54 Å². The van der Waals surface area contributed by atoms with Crippen molar-refractivity contribution in [3.63, 3.8) is 0 Å². The molecule has 2 aliphatic rings. The molecule has 1 aromatic carbocycles. The quantitative estimate of drug-likeness (QED) is 0.702. The number of aromatic hydroxyl groups is 1. The molecule has 1 N–H and O–H groups in total. The van der Waals surface area contributed by atoms with Crippen molar-refractivity contribution < 1.29 is 24.2 Å². The Hall–Kier alpha value is -2.19. The van der Waals surface area contributed by atoms with Gasteiger partial charge in [0.2, 0.25) is 5.91 Å². The summed E-state index contributed by atoms with van der Waals surface area (Å²) in [6.45, 7) is 3.19. The lowest BCUT2D eigenvalue weighted by atomic mass is 10.2. The second-order valence-electron chi connectivity index (χ2n) is 6.85. The molecule has 0 atom stereocenters. The predicted octanol–water partition coefficient (Wildman–Crippen LogP) is 3.88. The highest BCUT2D eigenvalue weighted by Gasteiger charge is 2.37. The van der Waals surface area contributed by atoms with E-state index in [1.165, 1.54) is 12.1 Å². The molecule has 0 aromatic heterocycles. The van der Waals surface area contributed by atoms with E-state index in [0.717, 1.165) is 42.3 Å². The van der Waals surface area contributed by atoms with E-state index in [2.05, 4.69) is 0 Å². The summed E-state index contributed by atoms with van der Waals surface area (Å²) < 4.78 is 5.34. The summed E-state index contributed by atoms with van der Waals surface area (Å²) in [5.74, 6) is -0.698. The molecule has 29 heavy (non-hydrogen) atoms. The van der Waals surface area contributed by atoms with Crippen molar-refractivity contribution in [2.75, 3.05) is 26.2 Å². The molecule has 2 heterocycles. The Morgan fingerprint density at radius 1 is 1.24 bits per heavy atom. The average molecular weight is 439 g/mol. The molecule has 0 saturated carbocycles. The van der Waals surface area contributed by atoms with Gasteiger partial charge in [-0.2, -0.15) is 0 Å². The lowest BCUT2D eigenvalue weighted by molar-refractivity contribution is -0.135. The number of thioether (sulfide) groups is 1. The van der Waals surface area contributed by atoms with Crippen molar-refractivity contribution in [2.24, 2.45) is 0 Å². The molecule has 1 aromatic rings. The molecular weight excluding hydrogens is 416 g/mol. The number of halogens is 1. The Balaban J connectivity index is 1.75. The first-order valence-electron chi connectivity index (χ1n) is 9.59. The van der Waals surface area contributed by atoms with E-state index >= 15 is 0 Å². The van der Waals surface area contributed by atoms with E-state index in [-0.39, 0.29) is 33.9 Å². The van der Waals surface area contributed by atoms with Crippen LogP contribution < -0.4 is 4.74 Å². The maximum Gasteiger partial charge on any atom is 0.294 e. The highest BCUT2D eigenvalue weighted by molar-refractivity contribution is 8.18. The van der Waals surface area contributed by atoms with Crippen LogP contribution in [0.25, 0.3) is 6.08 Å². The van der Waals surface area contributed by atoms with Crippen molar-refractivity contribution in [2.45, 2.75) is 32.6 Å². The number of imide groups is 1. The standard InChI is InChI=1S/C20H23ClN2O5S/c1-2-28-15-10-13(9-14(21)18(15)25)11-16-19(26)23(20(27)29-16)12-17(24)22-7-5-3-4-6-8-22/h9-11,25H,2-8,12H2,1H3. The van der Waals surface area contributed by atoms with Crippen LogP contribution >= 0.6 is 23.4 Å². The minimum absolute atomic E-state index is 0.0813. The van der Waals surface area contributed by atoms with E-state index in [1.54, 1.807) is 17.9 Å². The first kappa shape index (κ1) is 21.5. The van der Waals surface area contributed by atoms with Crippen molar-refractivity contribution in [3.8, 4) is 11.5 Å². The number of nitrogens with zero attached hydrogens (tertiary/aromatic N) is 2. The highest BCUT2D eigenvalue weighted by atomic mass is 35.5. The number of ether oxygens (including phenoxy) is 1. The first-order valence-corrected chi connectivity index (χ1v) is 10.8. The average Bonchev–Trinajstić information content (AvgIpc) is 2.89. The topological polar surface area (TPSA) is 87.2 Å². The molecular formula is C20H23ClN2O5S. The highest BCUT2D eigenvalue weighted by Crippen LogP contribution is 2.38. The number of hydrogen-bond acceptors (Lipinski definition) is 6. The fourth-order valence-electron chi connectivity index (χ4n) is 3.29. The summed E-state index contributed by atoms with van der Waals surface area (Å²) >= 11 is 6.80. The summed E-state index contributed by atoms with van der Waals surface area (Å²) in [7, 11) is 0. The molecule has 0 spiro atoms. The van der Waals surface area contributed by atoms with Gasteiger partial charge in [-0.1, -0.05) is 24.4 Å². The third-order valence-corrected chi connectivity index (χ3v) is 5.97. The van der Waals surface area contributed by atoms with Crippen LogP contribution in [0.4, 0.5) is 4.79 Å². The molecule has 7 nitrogen and oxygen atoms in total. The Morgan fingerprint density at radius 3 is 2.59 bits per heavy atom. The van der Waals surface area contributed by atoms with E-state index < -0.39 is 11.1 Å². The summed E-state index contributed by atoms with van der Waals surface area (Å²) in [6.07, 6.45) is 5.57. The normalized spacial score (nSPS) is 19.0. The van der Waals surface area contributed by atoms with E-state index in [0.29, 0.717) is 25.3 Å². The Morgan fingerprint density at radius 2 is 1.93 bits per heavy atom. The number of carbonyl (C=O) groups is 3. The molecule has 0 radical (unpaired) electrons. The lowest BCUT2D eigenvalue weighted by Gasteiger charge is -2.22. The number of likely N-dealkylation sites (tertiary alicyclic amines) is 1. The maximum atomic E-state index is 12.7. The zero-order chi connectivity index (χ0) is 21.0. The predicted molar refractivity (Wildman–Crippen MR) is 112 cm³/mol. The monoisotopic (exact) mass is 438 g/mol. The SMILES string of the molecule is CCOc1cc(C=C2SC(=O)N(CC(=O)N3CCCCCC3)C2=O)cc(Cl)c1O. The number of phenols is 1. The summed E-state index contributed by atoms with van der Waals surface area (Å²) in [5.41, 5.74) is 0.514. The molecule has 2 saturated heterocycles. The smallest absolute Gasteiger partial charge is 0.294 e. The van der Waals surface area contributed by atoms with Crippen molar-refractivity contribution >= 4 is 46.5 Å². The van der Waals surface area contributed by atoms with Crippen molar-refractivity contribution in [3.05, 3.63) is 27.6 Å². The Bertz CT molecular complexity index is 850. The zero-order valence-corrected chi connectivity index (χ0v) is 17.7. The molecule has 9 heteroatoms. The number of amides is 3. The number of carbonyl (C=O) groups excluding carboxylic acids is 3. The number of rotatable bonds is 5. The second kappa shape index (κ2) is 9.54. The van der Waals surface area contributed by atoms with Gasteiger partial charge >= 0.3 is 0 Å². The van der Waals surface area contributed by atoms with Gasteiger partial charge in [0, 0.05) is 13.1 Å². The summed E-state index contributed by atoms with van der Waals surface area (Å²) in [5, 5.41) is 9.55. The molecule has 3 amide bonds. The van der Waals surface area contributed by atoms with Crippen LogP contribution in [-0.2, 0) is 9.59 Å². The van der Waals surface area contributed by atoms with Gasteiger partial charge < -0.3 is 14.7 Å². The van der Waals surface area contributed by atoms with Crippen molar-refractivity contribution in [1.82, 2.24) is 9.80 Å². The Kier molecular flexibility index (Phi) is 7.08. The molecule has 2 fully saturated rings. The van der Waals surface area contributed by atoms with Crippen molar-refractivity contribution in [1.29, 1.82) is 0 Å². The van der Waals surface area contributed by atoms with E-state index in [4.69, 9.17) is 16.3 Å². The largest absolute Gasteiger partial charge is 0.503 e. The van der Waals surface area contributed by atoms with Gasteiger partial charge in [0.05, 0.1) is 16.5 Å². The van der Waals surface area contributed by atoms with E-state index in [1.807, 2.05) is 0 Å². The third kappa shape index (κ3) is 5.05. The minimum Gasteiger partial charge on any atom is -0.503 e. The van der Waals surface area contributed by atoms with Crippen LogP contribution in [0.1, 0.15) is 38.2 Å². The molecule has 0 unspecified atom stereocenters. The number of hydrogen-bond donors (Lipinski definition) is 1. The first-order chi connectivity index (χ1) is 13.9. The van der Waals surface area contributed by atoms with Crippen LogP contribution in [0.3, 0.4) is 0 Å². The lowest BCUT2D eigenvalue weighted by Crippen LogP contribution is -2.42. The fraction of sp³-hybridized carbons (Fsp3) is 0.450. The number of phenolic OH excluding ortho intramolecular Hbond substituents is 1. The third-order valence-electron chi connectivity index (χ3n) is 4.77. The maximum absolute atomic E-state index is 12.7. The minimum atomic E-state index is -0.509. The van der Waals surface area contributed by atoms with Crippen LogP contribution in [0, 0.1) is 0 Å². The fourth-order valence-corrected chi connectivity index (χ4v) is 4.34. The molecule has 0 bridgehead atoms. The van der Waals surface area contributed by atoms with Gasteiger partial charge in [-0.25, -0.2) is 0 Å². The summed E-state index contributed by atoms with van der Waals surface area (Å²) in [4.78, 5) is 40.5. The molecule has 156 valence electrons. The molecule has 0 aliphatic carbocycles.